The summed E-state index contributed by atoms with van der Waals surface area (Å²) in [6, 6.07) is 1.59. The molecule has 1 aliphatic heterocycles. The fourth-order valence-corrected chi connectivity index (χ4v) is 3.33. The van der Waals surface area contributed by atoms with Crippen molar-refractivity contribution in [3.05, 3.63) is 34.9 Å². The molecule has 140 valence electrons. The van der Waals surface area contributed by atoms with Gasteiger partial charge in [-0.3, -0.25) is 4.90 Å². The van der Waals surface area contributed by atoms with Gasteiger partial charge in [-0.05, 0) is 36.1 Å². The zero-order chi connectivity index (χ0) is 18.2. The zero-order valence-electron chi connectivity index (χ0n) is 13.6. The van der Waals surface area contributed by atoms with Crippen molar-refractivity contribution in [2.45, 2.75) is 37.7 Å². The van der Waals surface area contributed by atoms with Crippen molar-refractivity contribution in [2.24, 2.45) is 5.92 Å². The summed E-state index contributed by atoms with van der Waals surface area (Å²) < 4.78 is 78.8. The molecule has 25 heavy (non-hydrogen) atoms. The van der Waals surface area contributed by atoms with Crippen LogP contribution < -0.4 is 5.32 Å². The molecule has 0 bridgehead atoms. The summed E-state index contributed by atoms with van der Waals surface area (Å²) >= 11 is 0. The number of hydrogen-bond acceptors (Lipinski definition) is 2. The van der Waals surface area contributed by atoms with E-state index in [1.165, 1.54) is 0 Å². The molecule has 1 aliphatic carbocycles. The molecule has 1 atom stereocenters. The fraction of sp³-hybridized carbons (Fsp3) is 0.647. The lowest BCUT2D eigenvalue weighted by molar-refractivity contribution is -0.143. The van der Waals surface area contributed by atoms with Crippen molar-refractivity contribution in [3.8, 4) is 0 Å². The third-order valence-corrected chi connectivity index (χ3v) is 4.84. The van der Waals surface area contributed by atoms with Crippen LogP contribution in [0.5, 0.6) is 0 Å². The Balaban J connectivity index is 2.00. The van der Waals surface area contributed by atoms with Gasteiger partial charge in [-0.15, -0.1) is 0 Å². The minimum atomic E-state index is -4.80. The molecule has 1 N–H and O–H groups in total. The van der Waals surface area contributed by atoms with Crippen LogP contribution in [0.2, 0.25) is 0 Å². The van der Waals surface area contributed by atoms with Crippen molar-refractivity contribution >= 4 is 0 Å². The highest BCUT2D eigenvalue weighted by molar-refractivity contribution is 5.35. The molecule has 0 spiro atoms. The summed E-state index contributed by atoms with van der Waals surface area (Å²) in [5, 5.41) is 3.16. The van der Waals surface area contributed by atoms with Gasteiger partial charge in [-0.25, -0.2) is 0 Å². The first-order valence-corrected chi connectivity index (χ1v) is 8.39. The van der Waals surface area contributed by atoms with Crippen molar-refractivity contribution in [1.82, 2.24) is 10.2 Å². The fourth-order valence-electron chi connectivity index (χ4n) is 3.33. The minimum absolute atomic E-state index is 0.121. The van der Waals surface area contributed by atoms with Gasteiger partial charge in [0.05, 0.1) is 11.1 Å². The maximum absolute atomic E-state index is 13.1. The van der Waals surface area contributed by atoms with Crippen LogP contribution in [0.15, 0.2) is 18.2 Å². The van der Waals surface area contributed by atoms with E-state index in [2.05, 4.69) is 5.32 Å². The molecular weight excluding hydrogens is 346 g/mol. The summed E-state index contributed by atoms with van der Waals surface area (Å²) in [4.78, 5) is 2.00. The first kappa shape index (κ1) is 18.5. The van der Waals surface area contributed by atoms with Crippen molar-refractivity contribution in [3.63, 3.8) is 0 Å². The highest BCUT2D eigenvalue weighted by Crippen LogP contribution is 2.43. The van der Waals surface area contributed by atoms with E-state index >= 15 is 0 Å². The second kappa shape index (κ2) is 6.79. The Bertz CT molecular complexity index is 568. The van der Waals surface area contributed by atoms with Gasteiger partial charge in [0, 0.05) is 32.2 Å². The van der Waals surface area contributed by atoms with Crippen LogP contribution in [0.25, 0.3) is 0 Å². The molecule has 1 aromatic carbocycles. The number of benzene rings is 1. The number of halogens is 6. The van der Waals surface area contributed by atoms with Gasteiger partial charge in [-0.1, -0.05) is 12.8 Å². The molecule has 1 saturated heterocycles. The van der Waals surface area contributed by atoms with E-state index in [9.17, 15) is 26.3 Å². The Hall–Kier alpha value is -1.28. The second-order valence-corrected chi connectivity index (χ2v) is 6.82. The number of rotatable bonds is 4. The van der Waals surface area contributed by atoms with E-state index in [1.807, 2.05) is 4.90 Å². The molecule has 0 unspecified atom stereocenters. The smallest absolute Gasteiger partial charge is 0.314 e. The topological polar surface area (TPSA) is 15.3 Å². The maximum atomic E-state index is 13.1. The molecule has 0 amide bonds. The lowest BCUT2D eigenvalue weighted by Gasteiger charge is -2.36. The van der Waals surface area contributed by atoms with Gasteiger partial charge in [0.1, 0.15) is 0 Å². The molecule has 2 nitrogen and oxygen atoms in total. The molecule has 1 saturated carbocycles. The normalized spacial score (nSPS) is 21.4. The van der Waals surface area contributed by atoms with Crippen LogP contribution in [-0.4, -0.2) is 31.1 Å². The zero-order valence-corrected chi connectivity index (χ0v) is 13.6. The van der Waals surface area contributed by atoms with E-state index in [1.54, 1.807) is 0 Å². The summed E-state index contributed by atoms with van der Waals surface area (Å²) in [5.74, 6) is 0.392. The predicted molar refractivity (Wildman–Crippen MR) is 81.0 cm³/mol. The van der Waals surface area contributed by atoms with E-state index in [0.29, 0.717) is 38.5 Å². The van der Waals surface area contributed by atoms with Crippen LogP contribution in [0.3, 0.4) is 0 Å². The standard InChI is InChI=1S/C17H20F6N2/c18-16(19,20)13-8-12(9-14(10-13)17(21,22)23)15(7-11-1-2-11)25-5-3-24-4-6-25/h8-11,15,24H,1-7H2/t15-/m1/s1. The molecular formula is C17H20F6N2. The Labute approximate surface area is 142 Å². The number of hydrogen-bond donors (Lipinski definition) is 1. The Morgan fingerprint density at radius 3 is 1.88 bits per heavy atom. The maximum Gasteiger partial charge on any atom is 0.416 e. The van der Waals surface area contributed by atoms with Gasteiger partial charge < -0.3 is 5.32 Å². The van der Waals surface area contributed by atoms with Crippen molar-refractivity contribution < 1.29 is 26.3 Å². The average molecular weight is 366 g/mol. The highest BCUT2D eigenvalue weighted by atomic mass is 19.4. The van der Waals surface area contributed by atoms with E-state index < -0.39 is 29.5 Å². The third kappa shape index (κ3) is 4.67. The molecule has 0 radical (unpaired) electrons. The summed E-state index contributed by atoms with van der Waals surface area (Å²) in [6.45, 7) is 2.61. The number of piperazine rings is 1. The van der Waals surface area contributed by atoms with Gasteiger partial charge >= 0.3 is 12.4 Å². The molecule has 8 heteroatoms. The van der Waals surface area contributed by atoms with Gasteiger partial charge in [0.2, 0.25) is 0 Å². The number of nitrogens with one attached hydrogen (secondary N) is 1. The van der Waals surface area contributed by atoms with Crippen LogP contribution in [0.1, 0.15) is 42.0 Å². The Kier molecular flexibility index (Phi) is 5.03. The number of alkyl halides is 6. The third-order valence-electron chi connectivity index (χ3n) is 4.84. The molecule has 2 aliphatic rings. The molecule has 3 rings (SSSR count). The van der Waals surface area contributed by atoms with E-state index in [-0.39, 0.29) is 11.6 Å². The SMILES string of the molecule is FC(F)(F)c1cc([C@@H](CC2CC2)N2CCNCC2)cc(C(F)(F)F)c1. The van der Waals surface area contributed by atoms with Crippen LogP contribution in [0, 0.1) is 5.92 Å². The van der Waals surface area contributed by atoms with Gasteiger partial charge in [0.25, 0.3) is 0 Å². The minimum Gasteiger partial charge on any atom is -0.314 e. The average Bonchev–Trinajstić information content (AvgIpc) is 3.35. The van der Waals surface area contributed by atoms with Crippen molar-refractivity contribution in [1.29, 1.82) is 0 Å². The highest BCUT2D eigenvalue weighted by Gasteiger charge is 2.39. The summed E-state index contributed by atoms with van der Waals surface area (Å²) in [7, 11) is 0. The summed E-state index contributed by atoms with van der Waals surface area (Å²) in [5.41, 5.74) is -2.34. The van der Waals surface area contributed by atoms with E-state index in [0.717, 1.165) is 25.0 Å². The van der Waals surface area contributed by atoms with Gasteiger partial charge in [0.15, 0.2) is 0 Å². The van der Waals surface area contributed by atoms with Crippen LogP contribution in [-0.2, 0) is 12.4 Å². The van der Waals surface area contributed by atoms with Crippen molar-refractivity contribution in [2.75, 3.05) is 26.2 Å². The van der Waals surface area contributed by atoms with Crippen LogP contribution in [0.4, 0.5) is 26.3 Å². The van der Waals surface area contributed by atoms with Gasteiger partial charge in [-0.2, -0.15) is 26.3 Å². The van der Waals surface area contributed by atoms with Crippen LogP contribution >= 0.6 is 0 Å². The quantitative estimate of drug-likeness (QED) is 0.791. The second-order valence-electron chi connectivity index (χ2n) is 6.82. The number of nitrogens with zero attached hydrogens (tertiary/aromatic N) is 1. The lowest BCUT2D eigenvalue weighted by Crippen LogP contribution is -2.45. The molecule has 1 aromatic rings. The Morgan fingerprint density at radius 2 is 1.44 bits per heavy atom. The first-order valence-electron chi connectivity index (χ1n) is 8.39. The molecule has 1 heterocycles. The van der Waals surface area contributed by atoms with E-state index in [4.69, 9.17) is 0 Å². The lowest BCUT2D eigenvalue weighted by atomic mass is 9.94. The monoisotopic (exact) mass is 366 g/mol. The predicted octanol–water partition coefficient (Wildman–Crippen LogP) is 4.47. The first-order chi connectivity index (χ1) is 11.6. The summed E-state index contributed by atoms with van der Waals surface area (Å²) in [6.07, 6.45) is -7.01. The Morgan fingerprint density at radius 1 is 0.920 bits per heavy atom. The molecule has 2 fully saturated rings. The largest absolute Gasteiger partial charge is 0.416 e. The molecule has 0 aromatic heterocycles.